The average molecular weight is 460 g/mol. The first-order valence-corrected chi connectivity index (χ1v) is 11.1. The van der Waals surface area contributed by atoms with E-state index in [1.165, 1.54) is 11.8 Å². The van der Waals surface area contributed by atoms with E-state index < -0.39 is 0 Å². The van der Waals surface area contributed by atoms with Crippen LogP contribution in [0.1, 0.15) is 18.1 Å². The molecule has 1 amide bonds. The van der Waals surface area contributed by atoms with Crippen LogP contribution in [0.25, 0.3) is 6.08 Å². The maximum Gasteiger partial charge on any atom is 0.266 e. The molecule has 4 nitrogen and oxygen atoms in total. The number of amides is 1. The molecule has 0 radical (unpaired) electrons. The second kappa shape index (κ2) is 10.7. The zero-order chi connectivity index (χ0) is 21.5. The van der Waals surface area contributed by atoms with Crippen molar-refractivity contribution >= 4 is 51.9 Å². The van der Waals surface area contributed by atoms with Gasteiger partial charge in [-0.05, 0) is 49.2 Å². The Bertz CT molecular complexity index is 990. The molecule has 30 heavy (non-hydrogen) atoms. The van der Waals surface area contributed by atoms with Gasteiger partial charge >= 0.3 is 0 Å². The average Bonchev–Trinajstić information content (AvgIpc) is 3.00. The Morgan fingerprint density at radius 1 is 1.17 bits per heavy atom. The molecule has 0 unspecified atom stereocenters. The van der Waals surface area contributed by atoms with E-state index in [-0.39, 0.29) is 5.91 Å². The summed E-state index contributed by atoms with van der Waals surface area (Å²) in [6, 6.07) is 13.2. The molecule has 0 aliphatic carbocycles. The van der Waals surface area contributed by atoms with Crippen LogP contribution in [0.3, 0.4) is 0 Å². The molecule has 2 aromatic carbocycles. The Labute approximate surface area is 191 Å². The molecule has 2 aromatic rings. The zero-order valence-corrected chi connectivity index (χ0v) is 19.0. The first-order chi connectivity index (χ1) is 14.5. The van der Waals surface area contributed by atoms with Crippen LogP contribution in [0.5, 0.6) is 11.5 Å². The van der Waals surface area contributed by atoms with Gasteiger partial charge in [0.2, 0.25) is 0 Å². The Kier molecular flexibility index (Phi) is 7.96. The van der Waals surface area contributed by atoms with Crippen LogP contribution in [0.2, 0.25) is 5.02 Å². The summed E-state index contributed by atoms with van der Waals surface area (Å²) in [7, 11) is 0. The molecule has 0 N–H and O–H groups in total. The van der Waals surface area contributed by atoms with Crippen LogP contribution >= 0.6 is 35.6 Å². The van der Waals surface area contributed by atoms with Crippen LogP contribution < -0.4 is 9.47 Å². The van der Waals surface area contributed by atoms with Gasteiger partial charge in [0.05, 0.1) is 4.91 Å². The lowest BCUT2D eigenvalue weighted by molar-refractivity contribution is -0.121. The molecule has 0 atom stereocenters. The molecule has 1 aliphatic rings. The summed E-state index contributed by atoms with van der Waals surface area (Å²) in [5.41, 5.74) is 1.81. The molecule has 0 bridgehead atoms. The van der Waals surface area contributed by atoms with Crippen molar-refractivity contribution in [2.24, 2.45) is 0 Å². The van der Waals surface area contributed by atoms with Crippen LogP contribution in [0.15, 0.2) is 60.0 Å². The fraction of sp³-hybridized carbons (Fsp3) is 0.217. The fourth-order valence-corrected chi connectivity index (χ4v) is 4.51. The monoisotopic (exact) mass is 459 g/mol. The standard InChI is InChI=1S/C23H22ClNO3S2/c1-3-7-16-8-5-6-9-19(16)27-12-13-28-20-11-10-18(24)14-17(20)15-21-22(26)25(4-2)23(29)30-21/h3,5-6,8-11,14-15H,1,4,7,12-13H2,2H3/b21-15-. The molecular weight excluding hydrogens is 438 g/mol. The lowest BCUT2D eigenvalue weighted by atomic mass is 10.1. The molecule has 7 heteroatoms. The van der Waals surface area contributed by atoms with Crippen molar-refractivity contribution in [3.05, 3.63) is 76.2 Å². The van der Waals surface area contributed by atoms with E-state index in [2.05, 4.69) is 6.58 Å². The summed E-state index contributed by atoms with van der Waals surface area (Å²) in [6.07, 6.45) is 4.37. The zero-order valence-electron chi connectivity index (χ0n) is 16.6. The molecule has 0 saturated carbocycles. The van der Waals surface area contributed by atoms with E-state index in [0.29, 0.717) is 39.8 Å². The van der Waals surface area contributed by atoms with Crippen LogP contribution in [0, 0.1) is 0 Å². The summed E-state index contributed by atoms with van der Waals surface area (Å²) in [5.74, 6) is 1.35. The number of allylic oxidation sites excluding steroid dienone is 1. The maximum absolute atomic E-state index is 12.5. The first-order valence-electron chi connectivity index (χ1n) is 9.52. The van der Waals surface area contributed by atoms with Gasteiger partial charge in [-0.25, -0.2) is 0 Å². The number of carbonyl (C=O) groups is 1. The van der Waals surface area contributed by atoms with Crippen molar-refractivity contribution in [1.82, 2.24) is 4.90 Å². The van der Waals surface area contributed by atoms with Crippen molar-refractivity contribution < 1.29 is 14.3 Å². The van der Waals surface area contributed by atoms with Gasteiger partial charge in [0.25, 0.3) is 5.91 Å². The number of ether oxygens (including phenoxy) is 2. The highest BCUT2D eigenvalue weighted by Gasteiger charge is 2.30. The number of hydrogen-bond donors (Lipinski definition) is 0. The van der Waals surface area contributed by atoms with Crippen molar-refractivity contribution in [3.63, 3.8) is 0 Å². The highest BCUT2D eigenvalue weighted by Crippen LogP contribution is 2.34. The fourth-order valence-electron chi connectivity index (χ4n) is 2.95. The predicted molar refractivity (Wildman–Crippen MR) is 128 cm³/mol. The van der Waals surface area contributed by atoms with Crippen LogP contribution in [-0.4, -0.2) is 34.9 Å². The molecular formula is C23H22ClNO3S2. The minimum atomic E-state index is -0.0967. The molecule has 3 rings (SSSR count). The maximum atomic E-state index is 12.5. The van der Waals surface area contributed by atoms with E-state index in [1.807, 2.05) is 37.3 Å². The second-order valence-corrected chi connectivity index (χ2v) is 8.52. The first kappa shape index (κ1) is 22.4. The van der Waals surface area contributed by atoms with E-state index in [9.17, 15) is 4.79 Å². The number of thiocarbonyl (C=S) groups is 1. The molecule has 0 spiro atoms. The van der Waals surface area contributed by atoms with Gasteiger partial charge in [0.15, 0.2) is 0 Å². The van der Waals surface area contributed by atoms with Crippen molar-refractivity contribution in [1.29, 1.82) is 0 Å². The summed E-state index contributed by atoms with van der Waals surface area (Å²) >= 11 is 12.7. The van der Waals surface area contributed by atoms with Crippen LogP contribution in [0.4, 0.5) is 0 Å². The van der Waals surface area contributed by atoms with Gasteiger partial charge in [-0.2, -0.15) is 0 Å². The quantitative estimate of drug-likeness (QED) is 0.207. The molecule has 156 valence electrons. The number of carbonyl (C=O) groups excluding carboxylic acids is 1. The minimum absolute atomic E-state index is 0.0967. The summed E-state index contributed by atoms with van der Waals surface area (Å²) in [4.78, 5) is 14.6. The van der Waals surface area contributed by atoms with Gasteiger partial charge in [0.1, 0.15) is 29.0 Å². The van der Waals surface area contributed by atoms with E-state index in [0.717, 1.165) is 23.3 Å². The highest BCUT2D eigenvalue weighted by molar-refractivity contribution is 8.26. The van der Waals surface area contributed by atoms with Crippen molar-refractivity contribution in [2.45, 2.75) is 13.3 Å². The molecule has 1 fully saturated rings. The lowest BCUT2D eigenvalue weighted by Gasteiger charge is -2.13. The number of nitrogens with zero attached hydrogens (tertiary/aromatic N) is 1. The number of halogens is 1. The third-order valence-corrected chi connectivity index (χ3v) is 6.00. The van der Waals surface area contributed by atoms with Crippen LogP contribution in [-0.2, 0) is 11.2 Å². The number of likely N-dealkylation sites (N-methyl/N-ethyl adjacent to an activating group) is 1. The lowest BCUT2D eigenvalue weighted by Crippen LogP contribution is -2.27. The Balaban J connectivity index is 1.68. The summed E-state index contributed by atoms with van der Waals surface area (Å²) in [6.45, 7) is 6.95. The van der Waals surface area contributed by atoms with E-state index in [1.54, 1.807) is 29.2 Å². The van der Waals surface area contributed by atoms with Gasteiger partial charge in [-0.15, -0.1) is 6.58 Å². The third kappa shape index (κ3) is 5.45. The smallest absolute Gasteiger partial charge is 0.266 e. The Hall–Kier alpha value is -2.28. The van der Waals surface area contributed by atoms with Gasteiger partial charge < -0.3 is 9.47 Å². The van der Waals surface area contributed by atoms with Gasteiger partial charge in [0, 0.05) is 17.1 Å². The number of benzene rings is 2. The van der Waals surface area contributed by atoms with Crippen molar-refractivity contribution in [2.75, 3.05) is 19.8 Å². The van der Waals surface area contributed by atoms with Crippen molar-refractivity contribution in [3.8, 4) is 11.5 Å². The van der Waals surface area contributed by atoms with E-state index in [4.69, 9.17) is 33.3 Å². The largest absolute Gasteiger partial charge is 0.490 e. The SMILES string of the molecule is C=CCc1ccccc1OCCOc1ccc(Cl)cc1/C=C1\SC(=S)N(CC)C1=O. The highest BCUT2D eigenvalue weighted by atomic mass is 35.5. The predicted octanol–water partition coefficient (Wildman–Crippen LogP) is 5.75. The molecule has 1 heterocycles. The topological polar surface area (TPSA) is 38.8 Å². The third-order valence-electron chi connectivity index (χ3n) is 4.38. The number of hydrogen-bond acceptors (Lipinski definition) is 5. The molecule has 1 saturated heterocycles. The summed E-state index contributed by atoms with van der Waals surface area (Å²) in [5, 5.41) is 0.564. The molecule has 0 aromatic heterocycles. The number of para-hydroxylation sites is 1. The number of thioether (sulfide) groups is 1. The van der Waals surface area contributed by atoms with E-state index >= 15 is 0 Å². The minimum Gasteiger partial charge on any atom is -0.490 e. The van der Waals surface area contributed by atoms with Gasteiger partial charge in [-0.1, -0.05) is 59.9 Å². The summed E-state index contributed by atoms with van der Waals surface area (Å²) < 4.78 is 12.4. The number of rotatable bonds is 9. The molecule has 1 aliphatic heterocycles. The second-order valence-electron chi connectivity index (χ2n) is 6.41. The normalized spacial score (nSPS) is 15.0. The Morgan fingerprint density at radius 3 is 2.60 bits per heavy atom. The van der Waals surface area contributed by atoms with Gasteiger partial charge in [-0.3, -0.25) is 9.69 Å². The Morgan fingerprint density at radius 2 is 1.90 bits per heavy atom.